The van der Waals surface area contributed by atoms with Crippen LogP contribution in [-0.2, 0) is 19.5 Å². The predicted molar refractivity (Wildman–Crippen MR) is 95.7 cm³/mol. The van der Waals surface area contributed by atoms with Gasteiger partial charge in [-0.05, 0) is 36.5 Å². The van der Waals surface area contributed by atoms with Crippen LogP contribution in [0.1, 0.15) is 17.0 Å². The van der Waals surface area contributed by atoms with Gasteiger partial charge in [-0.3, -0.25) is 4.90 Å². The van der Waals surface area contributed by atoms with Crippen LogP contribution in [-0.4, -0.2) is 33.7 Å². The van der Waals surface area contributed by atoms with Crippen molar-refractivity contribution in [2.24, 2.45) is 0 Å². The van der Waals surface area contributed by atoms with Gasteiger partial charge in [0.1, 0.15) is 5.75 Å². The number of methoxy groups -OCH3 is 1. The van der Waals surface area contributed by atoms with Crippen molar-refractivity contribution in [3.8, 4) is 17.1 Å². The molecule has 4 rings (SSSR count). The van der Waals surface area contributed by atoms with Crippen molar-refractivity contribution in [1.29, 1.82) is 0 Å². The molecule has 0 bridgehead atoms. The number of hydrogen-bond acceptors (Lipinski definition) is 6. The van der Waals surface area contributed by atoms with Crippen LogP contribution in [0.4, 0.5) is 0 Å². The maximum Gasteiger partial charge on any atom is 0.196 e. The van der Waals surface area contributed by atoms with E-state index in [9.17, 15) is 0 Å². The first-order valence-corrected chi connectivity index (χ1v) is 8.51. The molecular weight excluding hydrogens is 336 g/mol. The summed E-state index contributed by atoms with van der Waals surface area (Å²) in [4.78, 5) is 9.69. The number of rotatable bonds is 4. The molecular formula is C18H18N4O2S. The van der Waals surface area contributed by atoms with Gasteiger partial charge in [0.2, 0.25) is 0 Å². The molecule has 3 heterocycles. The standard InChI is InChI=1S/C18H18N4O2S/c1-23-15-4-2-12(3-5-15)17-8-14(21-24-17)11-22-7-6-16-13(10-22)9-19-18(25)20-16/h2-5,8-9H,6-7,10-11H2,1H3,(H,19,20,25). The summed E-state index contributed by atoms with van der Waals surface area (Å²) in [6.45, 7) is 2.53. The second-order valence-electron chi connectivity index (χ2n) is 6.06. The van der Waals surface area contributed by atoms with Crippen LogP contribution in [0.5, 0.6) is 5.75 Å². The van der Waals surface area contributed by atoms with E-state index in [1.54, 1.807) is 7.11 Å². The Balaban J connectivity index is 1.46. The molecule has 3 aromatic rings. The molecule has 2 aromatic heterocycles. The maximum absolute atomic E-state index is 5.50. The second kappa shape index (κ2) is 6.78. The van der Waals surface area contributed by atoms with E-state index >= 15 is 0 Å². The highest BCUT2D eigenvalue weighted by Crippen LogP contribution is 2.24. The number of fused-ring (bicyclic) bond motifs is 1. The number of hydrogen-bond donors (Lipinski definition) is 1. The highest BCUT2D eigenvalue weighted by atomic mass is 32.1. The molecule has 1 N–H and O–H groups in total. The fraction of sp³-hybridized carbons (Fsp3) is 0.278. The number of nitrogens with zero attached hydrogens (tertiary/aromatic N) is 3. The van der Waals surface area contributed by atoms with Crippen LogP contribution >= 0.6 is 12.2 Å². The van der Waals surface area contributed by atoms with Crippen LogP contribution in [0.2, 0.25) is 0 Å². The van der Waals surface area contributed by atoms with Crippen molar-refractivity contribution in [2.45, 2.75) is 19.5 Å². The van der Waals surface area contributed by atoms with Crippen LogP contribution in [0.25, 0.3) is 11.3 Å². The van der Waals surface area contributed by atoms with Crippen LogP contribution in [0, 0.1) is 4.77 Å². The summed E-state index contributed by atoms with van der Waals surface area (Å²) in [6, 6.07) is 9.75. The van der Waals surface area contributed by atoms with Crippen molar-refractivity contribution < 1.29 is 9.26 Å². The van der Waals surface area contributed by atoms with Gasteiger partial charge in [0.15, 0.2) is 10.5 Å². The van der Waals surface area contributed by atoms with E-state index in [0.717, 1.165) is 48.8 Å². The van der Waals surface area contributed by atoms with Gasteiger partial charge in [-0.2, -0.15) is 0 Å². The Bertz CT molecular complexity index is 933. The summed E-state index contributed by atoms with van der Waals surface area (Å²) in [5, 5.41) is 4.21. The molecule has 0 saturated carbocycles. The van der Waals surface area contributed by atoms with E-state index in [2.05, 4.69) is 20.0 Å². The molecule has 0 radical (unpaired) electrons. The van der Waals surface area contributed by atoms with Crippen molar-refractivity contribution in [3.63, 3.8) is 0 Å². The topological polar surface area (TPSA) is 67.2 Å². The number of aromatic nitrogens is 3. The Morgan fingerprint density at radius 1 is 1.32 bits per heavy atom. The lowest BCUT2D eigenvalue weighted by Gasteiger charge is -2.27. The van der Waals surface area contributed by atoms with E-state index < -0.39 is 0 Å². The third-order valence-electron chi connectivity index (χ3n) is 4.37. The molecule has 6 nitrogen and oxygen atoms in total. The van der Waals surface area contributed by atoms with Gasteiger partial charge in [0.05, 0.1) is 12.8 Å². The Kier molecular flexibility index (Phi) is 4.33. The Labute approximate surface area is 150 Å². The molecule has 0 unspecified atom stereocenters. The third kappa shape index (κ3) is 3.47. The smallest absolute Gasteiger partial charge is 0.196 e. The lowest BCUT2D eigenvalue weighted by atomic mass is 10.1. The molecule has 128 valence electrons. The average Bonchev–Trinajstić information content (AvgIpc) is 3.10. The van der Waals surface area contributed by atoms with E-state index in [4.69, 9.17) is 21.5 Å². The number of aromatic amines is 1. The molecule has 0 amide bonds. The second-order valence-corrected chi connectivity index (χ2v) is 6.45. The molecule has 1 aliphatic rings. The summed E-state index contributed by atoms with van der Waals surface area (Å²) in [6.07, 6.45) is 2.80. The lowest BCUT2D eigenvalue weighted by Crippen LogP contribution is -2.30. The number of H-pyrrole nitrogens is 1. The number of nitrogens with one attached hydrogen (secondary N) is 1. The predicted octanol–water partition coefficient (Wildman–Crippen LogP) is 3.36. The summed E-state index contributed by atoms with van der Waals surface area (Å²) in [5.74, 6) is 1.59. The maximum atomic E-state index is 5.50. The molecule has 0 fully saturated rings. The summed E-state index contributed by atoms with van der Waals surface area (Å²) < 4.78 is 11.2. The molecule has 25 heavy (non-hydrogen) atoms. The molecule has 0 spiro atoms. The molecule has 7 heteroatoms. The van der Waals surface area contributed by atoms with E-state index in [1.807, 2.05) is 36.5 Å². The van der Waals surface area contributed by atoms with E-state index in [1.165, 1.54) is 11.3 Å². The quantitative estimate of drug-likeness (QED) is 0.725. The normalized spacial score (nSPS) is 14.3. The van der Waals surface area contributed by atoms with Crippen molar-refractivity contribution in [3.05, 3.63) is 58.3 Å². The van der Waals surface area contributed by atoms with Gasteiger partial charge < -0.3 is 14.2 Å². The van der Waals surface area contributed by atoms with Gasteiger partial charge in [0.25, 0.3) is 0 Å². The first kappa shape index (κ1) is 16.0. The first-order valence-electron chi connectivity index (χ1n) is 8.11. The highest BCUT2D eigenvalue weighted by Gasteiger charge is 2.18. The average molecular weight is 354 g/mol. The van der Waals surface area contributed by atoms with Crippen LogP contribution in [0.3, 0.4) is 0 Å². The third-order valence-corrected chi connectivity index (χ3v) is 4.58. The van der Waals surface area contributed by atoms with Gasteiger partial charge >= 0.3 is 0 Å². The summed E-state index contributed by atoms with van der Waals surface area (Å²) in [5.41, 5.74) is 4.29. The van der Waals surface area contributed by atoms with Gasteiger partial charge in [-0.1, -0.05) is 5.16 Å². The minimum Gasteiger partial charge on any atom is -0.497 e. The van der Waals surface area contributed by atoms with Crippen molar-refractivity contribution in [2.75, 3.05) is 13.7 Å². The zero-order chi connectivity index (χ0) is 17.2. The van der Waals surface area contributed by atoms with Crippen molar-refractivity contribution >= 4 is 12.2 Å². The van der Waals surface area contributed by atoms with E-state index in [-0.39, 0.29) is 0 Å². The summed E-state index contributed by atoms with van der Waals surface area (Å²) in [7, 11) is 1.65. The van der Waals surface area contributed by atoms with Gasteiger partial charge in [-0.15, -0.1) is 0 Å². The molecule has 0 saturated heterocycles. The van der Waals surface area contributed by atoms with Crippen LogP contribution in [0.15, 0.2) is 41.1 Å². The number of ether oxygens (including phenoxy) is 1. The fourth-order valence-electron chi connectivity index (χ4n) is 3.05. The Morgan fingerprint density at radius 3 is 2.96 bits per heavy atom. The molecule has 0 atom stereocenters. The minimum absolute atomic E-state index is 0.549. The first-order chi connectivity index (χ1) is 12.2. The van der Waals surface area contributed by atoms with Gasteiger partial charge in [0, 0.05) is 55.1 Å². The Hall–Kier alpha value is -2.51. The zero-order valence-corrected chi connectivity index (χ0v) is 14.7. The monoisotopic (exact) mass is 354 g/mol. The summed E-state index contributed by atoms with van der Waals surface area (Å²) >= 11 is 5.09. The largest absolute Gasteiger partial charge is 0.497 e. The molecule has 0 aliphatic carbocycles. The highest BCUT2D eigenvalue weighted by molar-refractivity contribution is 7.71. The SMILES string of the molecule is COc1ccc(-c2cc(CN3CCc4[nH]c(=S)ncc4C3)no2)cc1. The number of benzene rings is 1. The van der Waals surface area contributed by atoms with E-state index in [0.29, 0.717) is 4.77 Å². The fourth-order valence-corrected chi connectivity index (χ4v) is 3.22. The van der Waals surface area contributed by atoms with Crippen LogP contribution < -0.4 is 4.74 Å². The Morgan fingerprint density at radius 2 is 2.16 bits per heavy atom. The minimum atomic E-state index is 0.549. The molecule has 1 aliphatic heterocycles. The zero-order valence-electron chi connectivity index (χ0n) is 13.9. The van der Waals surface area contributed by atoms with Crippen molar-refractivity contribution in [1.82, 2.24) is 20.0 Å². The lowest BCUT2D eigenvalue weighted by molar-refractivity contribution is 0.235. The molecule has 1 aromatic carbocycles. The van der Waals surface area contributed by atoms with Gasteiger partial charge in [-0.25, -0.2) is 4.98 Å².